The van der Waals surface area contributed by atoms with Crippen molar-refractivity contribution in [1.82, 2.24) is 15.5 Å². The summed E-state index contributed by atoms with van der Waals surface area (Å²) in [5.41, 5.74) is 0.197. The molecule has 164 valence electrons. The molecule has 2 aliphatic rings. The van der Waals surface area contributed by atoms with Crippen LogP contribution in [0.4, 0.5) is 4.79 Å². The number of thiophene rings is 1. The smallest absolute Gasteiger partial charge is 0.409 e. The average Bonchev–Trinajstić information content (AvgIpc) is 3.28. The Morgan fingerprint density at radius 2 is 2.03 bits per heavy atom. The molecule has 29 heavy (non-hydrogen) atoms. The highest BCUT2D eigenvalue weighted by Crippen LogP contribution is 2.41. The van der Waals surface area contributed by atoms with Gasteiger partial charge >= 0.3 is 6.09 Å². The first-order valence-electron chi connectivity index (χ1n) is 10.6. The lowest BCUT2D eigenvalue weighted by atomic mass is 9.73. The lowest BCUT2D eigenvalue weighted by molar-refractivity contribution is 0.111. The molecule has 1 aromatic rings. The first-order valence-corrected chi connectivity index (χ1v) is 11.5. The van der Waals surface area contributed by atoms with E-state index >= 15 is 0 Å². The summed E-state index contributed by atoms with van der Waals surface area (Å²) >= 11 is 1.87. The average molecular weight is 535 g/mol. The van der Waals surface area contributed by atoms with Crippen LogP contribution in [0.1, 0.15) is 56.7 Å². The Balaban J connectivity index is 0.00000300. The van der Waals surface area contributed by atoms with E-state index in [1.54, 1.807) is 4.90 Å². The number of amides is 1. The summed E-state index contributed by atoms with van der Waals surface area (Å²) in [5, 5.41) is 9.20. The predicted molar refractivity (Wildman–Crippen MR) is 131 cm³/mol. The van der Waals surface area contributed by atoms with Crippen molar-refractivity contribution < 1.29 is 9.53 Å². The van der Waals surface area contributed by atoms with Crippen LogP contribution < -0.4 is 10.6 Å². The number of piperidine rings is 1. The molecule has 0 radical (unpaired) electrons. The van der Waals surface area contributed by atoms with Gasteiger partial charge in [-0.25, -0.2) is 4.79 Å². The highest BCUT2D eigenvalue weighted by Gasteiger charge is 2.35. The van der Waals surface area contributed by atoms with E-state index in [1.165, 1.54) is 44.1 Å². The number of likely N-dealkylation sites (tertiary alicyclic amines) is 1. The highest BCUT2D eigenvalue weighted by atomic mass is 127. The summed E-state index contributed by atoms with van der Waals surface area (Å²) in [7, 11) is 1.44. The van der Waals surface area contributed by atoms with Crippen molar-refractivity contribution in [2.24, 2.45) is 4.99 Å². The first kappa shape index (κ1) is 24.2. The fourth-order valence-corrected chi connectivity index (χ4v) is 5.35. The third-order valence-corrected chi connectivity index (χ3v) is 7.12. The van der Waals surface area contributed by atoms with Gasteiger partial charge < -0.3 is 20.3 Å². The van der Waals surface area contributed by atoms with Gasteiger partial charge in [-0.15, -0.1) is 35.3 Å². The molecule has 1 aliphatic carbocycles. The van der Waals surface area contributed by atoms with Gasteiger partial charge in [0.05, 0.1) is 13.7 Å². The molecule has 8 heteroatoms. The molecule has 2 N–H and O–H groups in total. The summed E-state index contributed by atoms with van der Waals surface area (Å²) in [6.45, 7) is 5.24. The molecule has 2 fully saturated rings. The van der Waals surface area contributed by atoms with Gasteiger partial charge in [-0.3, -0.25) is 4.99 Å². The number of guanidine groups is 1. The summed E-state index contributed by atoms with van der Waals surface area (Å²) in [4.78, 5) is 20.0. The summed E-state index contributed by atoms with van der Waals surface area (Å²) in [6.07, 6.45) is 7.99. The van der Waals surface area contributed by atoms with Gasteiger partial charge in [0.1, 0.15) is 0 Å². The fraction of sp³-hybridized carbons (Fsp3) is 0.714. The van der Waals surface area contributed by atoms with Crippen LogP contribution in [-0.2, 0) is 10.2 Å². The molecule has 2 heterocycles. The van der Waals surface area contributed by atoms with E-state index in [1.807, 2.05) is 11.3 Å². The van der Waals surface area contributed by atoms with Crippen molar-refractivity contribution in [3.8, 4) is 0 Å². The summed E-state index contributed by atoms with van der Waals surface area (Å²) in [5.74, 6) is 0.903. The number of carbonyl (C=O) groups is 1. The molecule has 1 aromatic heterocycles. The molecule has 1 amide bonds. The Bertz CT molecular complexity index is 639. The molecule has 6 nitrogen and oxygen atoms in total. The molecular weight excluding hydrogens is 499 g/mol. The maximum Gasteiger partial charge on any atom is 0.409 e. The van der Waals surface area contributed by atoms with Crippen LogP contribution in [0, 0.1) is 0 Å². The Morgan fingerprint density at radius 3 is 2.62 bits per heavy atom. The lowest BCUT2D eigenvalue weighted by Crippen LogP contribution is -2.50. The van der Waals surface area contributed by atoms with Gasteiger partial charge in [0.2, 0.25) is 0 Å². The molecule has 0 bridgehead atoms. The van der Waals surface area contributed by atoms with Gasteiger partial charge in [0.25, 0.3) is 0 Å². The van der Waals surface area contributed by atoms with Gasteiger partial charge in [-0.05, 0) is 44.1 Å². The molecule has 0 spiro atoms. The largest absolute Gasteiger partial charge is 0.453 e. The van der Waals surface area contributed by atoms with E-state index in [0.29, 0.717) is 6.04 Å². The molecule has 3 rings (SSSR count). The zero-order valence-corrected chi connectivity index (χ0v) is 20.8. The SMILES string of the molecule is CCNC(=NCC1(c2cccs2)CCCCC1)NC1CCN(C(=O)OC)CC1.I. The van der Waals surface area contributed by atoms with E-state index in [2.05, 4.69) is 35.1 Å². The van der Waals surface area contributed by atoms with Crippen molar-refractivity contribution in [3.05, 3.63) is 22.4 Å². The molecule has 1 saturated heterocycles. The number of nitrogens with zero attached hydrogens (tertiary/aromatic N) is 2. The zero-order valence-electron chi connectivity index (χ0n) is 17.6. The van der Waals surface area contributed by atoms with Crippen LogP contribution in [0.25, 0.3) is 0 Å². The van der Waals surface area contributed by atoms with Crippen LogP contribution in [0.3, 0.4) is 0 Å². The number of aliphatic imine (C=N–C) groups is 1. The number of halogens is 1. The number of rotatable bonds is 5. The van der Waals surface area contributed by atoms with Crippen LogP contribution >= 0.6 is 35.3 Å². The molecular formula is C21H35IN4O2S. The Kier molecular flexibility index (Phi) is 10.0. The number of methoxy groups -OCH3 is 1. The van der Waals surface area contributed by atoms with Crippen molar-refractivity contribution in [3.63, 3.8) is 0 Å². The van der Waals surface area contributed by atoms with Crippen LogP contribution in [0.5, 0.6) is 0 Å². The topological polar surface area (TPSA) is 66.0 Å². The van der Waals surface area contributed by atoms with Crippen LogP contribution in [0.15, 0.2) is 22.5 Å². The summed E-state index contributed by atoms with van der Waals surface area (Å²) < 4.78 is 4.83. The minimum absolute atomic E-state index is 0. The predicted octanol–water partition coefficient (Wildman–Crippen LogP) is 4.35. The third kappa shape index (κ3) is 6.47. The Labute approximate surface area is 195 Å². The van der Waals surface area contributed by atoms with E-state index < -0.39 is 0 Å². The highest BCUT2D eigenvalue weighted by molar-refractivity contribution is 14.0. The number of ether oxygens (including phenoxy) is 1. The monoisotopic (exact) mass is 534 g/mol. The number of carbonyl (C=O) groups excluding carboxylic acids is 1. The normalized spacial score (nSPS) is 19.9. The second kappa shape index (κ2) is 12.0. The maximum absolute atomic E-state index is 11.7. The lowest BCUT2D eigenvalue weighted by Gasteiger charge is -2.36. The van der Waals surface area contributed by atoms with E-state index in [-0.39, 0.29) is 35.5 Å². The van der Waals surface area contributed by atoms with E-state index in [9.17, 15) is 4.79 Å². The molecule has 0 atom stereocenters. The second-order valence-corrected chi connectivity index (χ2v) is 8.84. The molecule has 0 unspecified atom stereocenters. The van der Waals surface area contributed by atoms with Crippen molar-refractivity contribution in [2.75, 3.05) is 33.3 Å². The fourth-order valence-electron chi connectivity index (χ4n) is 4.37. The van der Waals surface area contributed by atoms with E-state index in [0.717, 1.165) is 45.0 Å². The van der Waals surface area contributed by atoms with Crippen molar-refractivity contribution in [2.45, 2.75) is 63.3 Å². The zero-order chi connectivity index (χ0) is 19.8. The first-order chi connectivity index (χ1) is 13.7. The number of hydrogen-bond donors (Lipinski definition) is 2. The minimum Gasteiger partial charge on any atom is -0.453 e. The van der Waals surface area contributed by atoms with Gasteiger partial charge in [-0.1, -0.05) is 25.3 Å². The van der Waals surface area contributed by atoms with Crippen LogP contribution in [0.2, 0.25) is 0 Å². The van der Waals surface area contributed by atoms with Gasteiger partial charge in [-0.2, -0.15) is 0 Å². The van der Waals surface area contributed by atoms with Crippen molar-refractivity contribution in [1.29, 1.82) is 0 Å². The molecule has 1 saturated carbocycles. The standard InChI is InChI=1S/C21H34N4O2S.HI/c1-3-22-19(24-17-9-13-25(14-10-17)20(26)27-2)23-16-21(11-5-4-6-12-21)18-8-7-15-28-18;/h7-8,15,17H,3-6,9-14,16H2,1-2H3,(H2,22,23,24);1H. The van der Waals surface area contributed by atoms with Crippen molar-refractivity contribution >= 4 is 47.4 Å². The third-order valence-electron chi connectivity index (χ3n) is 6.01. The maximum atomic E-state index is 11.7. The number of hydrogen-bond acceptors (Lipinski definition) is 4. The molecule has 0 aromatic carbocycles. The summed E-state index contributed by atoms with van der Waals surface area (Å²) in [6, 6.07) is 4.79. The Hall–Kier alpha value is -1.03. The Morgan fingerprint density at radius 1 is 1.31 bits per heavy atom. The molecule has 1 aliphatic heterocycles. The second-order valence-electron chi connectivity index (χ2n) is 7.89. The number of nitrogens with one attached hydrogen (secondary N) is 2. The van der Waals surface area contributed by atoms with E-state index in [4.69, 9.17) is 9.73 Å². The van der Waals surface area contributed by atoms with Crippen LogP contribution in [-0.4, -0.2) is 56.3 Å². The van der Waals surface area contributed by atoms with Gasteiger partial charge in [0.15, 0.2) is 5.96 Å². The van der Waals surface area contributed by atoms with Gasteiger partial charge in [0, 0.05) is 36.0 Å². The quantitative estimate of drug-likeness (QED) is 0.335. The minimum atomic E-state index is -0.228.